The van der Waals surface area contributed by atoms with Gasteiger partial charge in [-0.1, -0.05) is 6.58 Å². The van der Waals surface area contributed by atoms with Gasteiger partial charge in [0.15, 0.2) is 5.75 Å². The van der Waals surface area contributed by atoms with E-state index in [1.165, 1.54) is 0 Å². The standard InChI is InChI=1S/C18H25BrN2O3/c1-11(2)14-8-9-15(16(19)21-14)23-13-7-6-12(10-13)20-17(22)24-18(3,4)5/h8-9,12-13H,1,6-7,10H2,2-5H3,(H,20,22)/t12-,13+/m0/s1. The highest BCUT2D eigenvalue weighted by Crippen LogP contribution is 2.30. The van der Waals surface area contributed by atoms with Crippen molar-refractivity contribution < 1.29 is 14.3 Å². The minimum Gasteiger partial charge on any atom is -0.488 e. The Hall–Kier alpha value is -1.56. The first kappa shape index (κ1) is 18.8. The van der Waals surface area contributed by atoms with Gasteiger partial charge in [0.25, 0.3) is 0 Å². The van der Waals surface area contributed by atoms with Crippen LogP contribution >= 0.6 is 15.9 Å². The summed E-state index contributed by atoms with van der Waals surface area (Å²) >= 11 is 3.44. The van der Waals surface area contributed by atoms with Crippen molar-refractivity contribution in [3.63, 3.8) is 0 Å². The second kappa shape index (κ2) is 7.55. The number of rotatable bonds is 4. The molecular formula is C18H25BrN2O3. The zero-order chi connectivity index (χ0) is 17.9. The Bertz CT molecular complexity index is 625. The molecule has 0 saturated heterocycles. The van der Waals surface area contributed by atoms with Crippen LogP contribution in [0.5, 0.6) is 5.75 Å². The fourth-order valence-electron chi connectivity index (χ4n) is 2.58. The Morgan fingerprint density at radius 3 is 2.67 bits per heavy atom. The van der Waals surface area contributed by atoms with Gasteiger partial charge in [-0.3, -0.25) is 0 Å². The number of carbonyl (C=O) groups is 1. The fourth-order valence-corrected chi connectivity index (χ4v) is 3.00. The van der Waals surface area contributed by atoms with E-state index in [0.29, 0.717) is 10.4 Å². The first-order valence-electron chi connectivity index (χ1n) is 8.12. The van der Waals surface area contributed by atoms with E-state index in [1.54, 1.807) is 0 Å². The SMILES string of the molecule is C=C(C)c1ccc(O[C@@H]2CC[C@H](NC(=O)OC(C)(C)C)C2)c(Br)n1. The van der Waals surface area contributed by atoms with Gasteiger partial charge in [-0.05, 0) is 74.2 Å². The number of halogens is 1. The Kier molecular flexibility index (Phi) is 5.91. The number of hydrogen-bond acceptors (Lipinski definition) is 4. The van der Waals surface area contributed by atoms with Crippen molar-refractivity contribution in [1.29, 1.82) is 0 Å². The lowest BCUT2D eigenvalue weighted by Gasteiger charge is -2.22. The summed E-state index contributed by atoms with van der Waals surface area (Å²) < 4.78 is 12.0. The summed E-state index contributed by atoms with van der Waals surface area (Å²) in [6, 6.07) is 3.87. The molecule has 1 aromatic rings. The van der Waals surface area contributed by atoms with E-state index in [-0.39, 0.29) is 18.2 Å². The highest BCUT2D eigenvalue weighted by molar-refractivity contribution is 9.10. The van der Waals surface area contributed by atoms with Gasteiger partial charge in [0.05, 0.1) is 5.69 Å². The number of alkyl carbamates (subject to hydrolysis) is 1. The van der Waals surface area contributed by atoms with Crippen LogP contribution in [0.25, 0.3) is 5.57 Å². The fraction of sp³-hybridized carbons (Fsp3) is 0.556. The maximum atomic E-state index is 11.8. The van der Waals surface area contributed by atoms with Gasteiger partial charge in [0.2, 0.25) is 0 Å². The predicted molar refractivity (Wildman–Crippen MR) is 98.1 cm³/mol. The molecule has 2 rings (SSSR count). The number of hydrogen-bond donors (Lipinski definition) is 1. The average Bonchev–Trinajstić information content (AvgIpc) is 2.85. The van der Waals surface area contributed by atoms with Crippen LogP contribution in [0.4, 0.5) is 4.79 Å². The summed E-state index contributed by atoms with van der Waals surface area (Å²) in [5.74, 6) is 0.711. The highest BCUT2D eigenvalue weighted by Gasteiger charge is 2.29. The number of carbonyl (C=O) groups excluding carboxylic acids is 1. The van der Waals surface area contributed by atoms with Crippen LogP contribution in [-0.2, 0) is 4.74 Å². The molecule has 1 aliphatic carbocycles. The van der Waals surface area contributed by atoms with Crippen LogP contribution in [-0.4, -0.2) is 28.8 Å². The van der Waals surface area contributed by atoms with E-state index in [9.17, 15) is 4.79 Å². The van der Waals surface area contributed by atoms with Crippen molar-refractivity contribution in [2.24, 2.45) is 0 Å². The first-order chi connectivity index (χ1) is 11.1. The molecule has 0 unspecified atom stereocenters. The predicted octanol–water partition coefficient (Wildman–Crippen LogP) is 4.70. The molecule has 2 atom stereocenters. The minimum atomic E-state index is -0.486. The van der Waals surface area contributed by atoms with Crippen LogP contribution in [0, 0.1) is 0 Å². The number of pyridine rings is 1. The summed E-state index contributed by atoms with van der Waals surface area (Å²) in [6.07, 6.45) is 2.20. The molecule has 1 amide bonds. The maximum absolute atomic E-state index is 11.8. The molecule has 1 N–H and O–H groups in total. The molecule has 0 aromatic carbocycles. The van der Waals surface area contributed by atoms with Crippen LogP contribution in [0.15, 0.2) is 23.3 Å². The van der Waals surface area contributed by atoms with Crippen LogP contribution in [0.1, 0.15) is 52.7 Å². The Morgan fingerprint density at radius 1 is 1.38 bits per heavy atom. The molecule has 0 spiro atoms. The summed E-state index contributed by atoms with van der Waals surface area (Å²) in [5.41, 5.74) is 1.26. The lowest BCUT2D eigenvalue weighted by molar-refractivity contribution is 0.0503. The van der Waals surface area contributed by atoms with E-state index in [1.807, 2.05) is 39.8 Å². The number of nitrogens with one attached hydrogen (secondary N) is 1. The van der Waals surface area contributed by atoms with E-state index < -0.39 is 5.60 Å². The van der Waals surface area contributed by atoms with Crippen molar-refractivity contribution in [2.45, 2.75) is 64.7 Å². The van der Waals surface area contributed by atoms with Gasteiger partial charge in [0, 0.05) is 12.5 Å². The second-order valence-electron chi connectivity index (χ2n) is 7.16. The van der Waals surface area contributed by atoms with Gasteiger partial charge < -0.3 is 14.8 Å². The zero-order valence-electron chi connectivity index (χ0n) is 14.7. The van der Waals surface area contributed by atoms with Crippen molar-refractivity contribution in [1.82, 2.24) is 10.3 Å². The van der Waals surface area contributed by atoms with Crippen LogP contribution in [0.2, 0.25) is 0 Å². The number of allylic oxidation sites excluding steroid dienone is 1. The molecular weight excluding hydrogens is 372 g/mol. The molecule has 0 bridgehead atoms. The van der Waals surface area contributed by atoms with E-state index in [2.05, 4.69) is 32.8 Å². The third-order valence-corrected chi connectivity index (χ3v) is 4.22. The highest BCUT2D eigenvalue weighted by atomic mass is 79.9. The van der Waals surface area contributed by atoms with Gasteiger partial charge in [-0.15, -0.1) is 0 Å². The number of nitrogens with zero attached hydrogens (tertiary/aromatic N) is 1. The van der Waals surface area contributed by atoms with E-state index in [0.717, 1.165) is 30.5 Å². The maximum Gasteiger partial charge on any atom is 0.407 e. The number of aromatic nitrogens is 1. The molecule has 1 fully saturated rings. The largest absolute Gasteiger partial charge is 0.488 e. The Balaban J connectivity index is 1.88. The second-order valence-corrected chi connectivity index (χ2v) is 7.91. The smallest absolute Gasteiger partial charge is 0.407 e. The molecule has 1 heterocycles. The summed E-state index contributed by atoms with van der Waals surface area (Å²) in [4.78, 5) is 16.3. The van der Waals surface area contributed by atoms with Gasteiger partial charge in [-0.25, -0.2) is 9.78 Å². The van der Waals surface area contributed by atoms with Crippen LogP contribution < -0.4 is 10.1 Å². The molecule has 6 heteroatoms. The quantitative estimate of drug-likeness (QED) is 0.748. The van der Waals surface area contributed by atoms with Crippen molar-refractivity contribution in [3.05, 3.63) is 29.0 Å². The lowest BCUT2D eigenvalue weighted by atomic mass is 10.2. The molecule has 0 radical (unpaired) electrons. The average molecular weight is 397 g/mol. The number of ether oxygens (including phenoxy) is 2. The molecule has 24 heavy (non-hydrogen) atoms. The molecule has 1 aliphatic rings. The monoisotopic (exact) mass is 396 g/mol. The van der Waals surface area contributed by atoms with Gasteiger partial charge in [-0.2, -0.15) is 0 Å². The van der Waals surface area contributed by atoms with Crippen molar-refractivity contribution >= 4 is 27.6 Å². The summed E-state index contributed by atoms with van der Waals surface area (Å²) in [7, 11) is 0. The van der Waals surface area contributed by atoms with Crippen molar-refractivity contribution in [2.75, 3.05) is 0 Å². The minimum absolute atomic E-state index is 0.0544. The molecule has 1 aromatic heterocycles. The molecule has 0 aliphatic heterocycles. The Labute approximate surface area is 152 Å². The topological polar surface area (TPSA) is 60.5 Å². The van der Waals surface area contributed by atoms with Crippen LogP contribution in [0.3, 0.4) is 0 Å². The summed E-state index contributed by atoms with van der Waals surface area (Å²) in [5, 5.41) is 2.91. The van der Waals surface area contributed by atoms with Crippen molar-refractivity contribution in [3.8, 4) is 5.75 Å². The van der Waals surface area contributed by atoms with E-state index in [4.69, 9.17) is 9.47 Å². The third kappa shape index (κ3) is 5.51. The van der Waals surface area contributed by atoms with E-state index >= 15 is 0 Å². The molecule has 1 saturated carbocycles. The summed E-state index contributed by atoms with van der Waals surface area (Å²) in [6.45, 7) is 11.4. The first-order valence-corrected chi connectivity index (χ1v) is 8.92. The Morgan fingerprint density at radius 2 is 2.08 bits per heavy atom. The number of amides is 1. The normalized spacial score (nSPS) is 20.5. The molecule has 132 valence electrons. The lowest BCUT2D eigenvalue weighted by Crippen LogP contribution is -2.38. The van der Waals surface area contributed by atoms with Gasteiger partial charge in [0.1, 0.15) is 16.3 Å². The van der Waals surface area contributed by atoms with Gasteiger partial charge >= 0.3 is 6.09 Å². The zero-order valence-corrected chi connectivity index (χ0v) is 16.3. The molecule has 5 nitrogen and oxygen atoms in total. The third-order valence-electron chi connectivity index (χ3n) is 3.65.